The standard InChI is InChI=1S/C37H61IO6/c1-35(40,24-39)17-8-9-25(23-38)29-14-15-30-28-13-12-26-21-27(43-33-10-4-6-19-41-33)22-32(44-34-11-5-7-20-42-34)37(26,3)31(28)16-18-36(29,30)2/h12,25,27-34,39-40H,4-11,13-24H2,1-3H3/t25-,27+,28-,29+,30-,31-,32-,33?,34?,35+,36+,37-/m0/s1. The van der Waals surface area contributed by atoms with Crippen molar-refractivity contribution in [3.05, 3.63) is 11.6 Å². The summed E-state index contributed by atoms with van der Waals surface area (Å²) in [4.78, 5) is 0. The first-order chi connectivity index (χ1) is 21.2. The maximum Gasteiger partial charge on any atom is 0.157 e. The van der Waals surface area contributed by atoms with Crippen molar-refractivity contribution in [3.63, 3.8) is 0 Å². The van der Waals surface area contributed by atoms with Crippen LogP contribution in [0.5, 0.6) is 0 Å². The van der Waals surface area contributed by atoms with Gasteiger partial charge in [0.15, 0.2) is 12.6 Å². The lowest BCUT2D eigenvalue weighted by molar-refractivity contribution is -0.248. The third-order valence-corrected chi connectivity index (χ3v) is 14.7. The minimum atomic E-state index is -0.952. The summed E-state index contributed by atoms with van der Waals surface area (Å²) < 4.78 is 27.1. The first-order valence-electron chi connectivity index (χ1n) is 18.3. The van der Waals surface area contributed by atoms with Gasteiger partial charge < -0.3 is 29.2 Å². The molecule has 2 heterocycles. The number of fused-ring (bicyclic) bond motifs is 5. The summed E-state index contributed by atoms with van der Waals surface area (Å²) in [6.45, 7) is 8.46. The Bertz CT molecular complexity index is 975. The smallest absolute Gasteiger partial charge is 0.157 e. The third kappa shape index (κ3) is 6.87. The third-order valence-electron chi connectivity index (χ3n) is 13.5. The number of halogens is 1. The molecule has 252 valence electrons. The van der Waals surface area contributed by atoms with Crippen LogP contribution in [0.15, 0.2) is 11.6 Å². The fraction of sp³-hybridized carbons (Fsp3) is 0.946. The lowest BCUT2D eigenvalue weighted by Crippen LogP contribution is -2.57. The maximum atomic E-state index is 10.4. The second kappa shape index (κ2) is 14.4. The van der Waals surface area contributed by atoms with E-state index in [1.165, 1.54) is 49.4 Å². The quantitative estimate of drug-likeness (QED) is 0.128. The van der Waals surface area contributed by atoms with E-state index in [1.54, 1.807) is 12.5 Å². The van der Waals surface area contributed by atoms with Crippen LogP contribution in [0.4, 0.5) is 0 Å². The van der Waals surface area contributed by atoms with E-state index in [4.69, 9.17) is 18.9 Å². The van der Waals surface area contributed by atoms with Gasteiger partial charge in [-0.1, -0.05) is 54.5 Å². The Labute approximate surface area is 280 Å². The number of allylic oxidation sites excluding steroid dienone is 1. The van der Waals surface area contributed by atoms with E-state index in [9.17, 15) is 10.2 Å². The van der Waals surface area contributed by atoms with Crippen LogP contribution in [0.25, 0.3) is 0 Å². The molecule has 0 radical (unpaired) electrons. The predicted octanol–water partition coefficient (Wildman–Crippen LogP) is 7.96. The molecule has 0 spiro atoms. The molecular weight excluding hydrogens is 667 g/mol. The predicted molar refractivity (Wildman–Crippen MR) is 181 cm³/mol. The van der Waals surface area contributed by atoms with Crippen LogP contribution < -0.4 is 0 Å². The van der Waals surface area contributed by atoms with Gasteiger partial charge in [-0.25, -0.2) is 0 Å². The number of aliphatic hydroxyl groups is 2. The van der Waals surface area contributed by atoms with Crippen molar-refractivity contribution in [1.82, 2.24) is 0 Å². The van der Waals surface area contributed by atoms with Crippen LogP contribution in [0.1, 0.15) is 124 Å². The molecule has 0 bridgehead atoms. The summed E-state index contributed by atoms with van der Waals surface area (Å²) >= 11 is 2.62. The molecule has 6 nitrogen and oxygen atoms in total. The van der Waals surface area contributed by atoms with Gasteiger partial charge in [0.25, 0.3) is 0 Å². The number of hydrogen-bond donors (Lipinski definition) is 2. The monoisotopic (exact) mass is 728 g/mol. The molecule has 5 fully saturated rings. The normalized spacial score (nSPS) is 44.5. The van der Waals surface area contributed by atoms with E-state index >= 15 is 0 Å². The Hall–Kier alpha value is 0.230. The molecule has 44 heavy (non-hydrogen) atoms. The molecule has 3 saturated carbocycles. The molecule has 4 aliphatic carbocycles. The summed E-state index contributed by atoms with van der Waals surface area (Å²) in [6.07, 6.45) is 20.8. The van der Waals surface area contributed by atoms with Crippen LogP contribution in [-0.2, 0) is 18.9 Å². The van der Waals surface area contributed by atoms with Crippen LogP contribution in [0, 0.1) is 40.4 Å². The zero-order valence-corrected chi connectivity index (χ0v) is 30.0. The van der Waals surface area contributed by atoms with Gasteiger partial charge in [0.2, 0.25) is 0 Å². The largest absolute Gasteiger partial charge is 0.393 e. The SMILES string of the molecule is C[C@](O)(CO)CCC[C@@H](CI)[C@H]1CC[C@H]2[C@@H]3CC=C4C[C@@H](OC5CCCCO5)C[C@H](OC5CCCCO5)[C@]4(C)[C@H]3CC[C@]12C. The fourth-order valence-corrected chi connectivity index (χ4v) is 12.1. The molecule has 2 N–H and O–H groups in total. The summed E-state index contributed by atoms with van der Waals surface area (Å²) in [5, 5.41) is 19.9. The van der Waals surface area contributed by atoms with Gasteiger partial charge in [0.05, 0.1) is 24.4 Å². The first kappa shape index (κ1) is 34.1. The molecule has 7 heteroatoms. The van der Waals surface area contributed by atoms with Gasteiger partial charge >= 0.3 is 0 Å². The van der Waals surface area contributed by atoms with Gasteiger partial charge in [-0.05, 0) is 132 Å². The van der Waals surface area contributed by atoms with E-state index in [2.05, 4.69) is 42.5 Å². The number of aliphatic hydroxyl groups excluding tert-OH is 1. The van der Waals surface area contributed by atoms with Gasteiger partial charge in [0, 0.05) is 29.5 Å². The zero-order valence-electron chi connectivity index (χ0n) is 27.8. The lowest BCUT2D eigenvalue weighted by atomic mass is 9.46. The average Bonchev–Trinajstić information content (AvgIpc) is 3.38. The van der Waals surface area contributed by atoms with Gasteiger partial charge in [-0.3, -0.25) is 0 Å². The van der Waals surface area contributed by atoms with E-state index < -0.39 is 5.60 Å². The summed E-state index contributed by atoms with van der Waals surface area (Å²) in [6, 6.07) is 0. The van der Waals surface area contributed by atoms with Gasteiger partial charge in [-0.15, -0.1) is 0 Å². The van der Waals surface area contributed by atoms with Crippen molar-refractivity contribution in [2.45, 2.75) is 154 Å². The zero-order chi connectivity index (χ0) is 31.0. The molecule has 2 saturated heterocycles. The van der Waals surface area contributed by atoms with Crippen LogP contribution in [0.2, 0.25) is 0 Å². The Morgan fingerprint density at radius 1 is 1.00 bits per heavy atom. The topological polar surface area (TPSA) is 77.4 Å². The summed E-state index contributed by atoms with van der Waals surface area (Å²) in [5.41, 5.74) is 1.06. The Balaban J connectivity index is 1.20. The number of ether oxygens (including phenoxy) is 4. The summed E-state index contributed by atoms with van der Waals surface area (Å²) in [5.74, 6) is 3.58. The van der Waals surface area contributed by atoms with Crippen molar-refractivity contribution >= 4 is 22.6 Å². The van der Waals surface area contributed by atoms with Crippen LogP contribution >= 0.6 is 22.6 Å². The Morgan fingerprint density at radius 2 is 1.73 bits per heavy atom. The van der Waals surface area contributed by atoms with Crippen molar-refractivity contribution in [2.75, 3.05) is 24.2 Å². The number of hydrogen-bond acceptors (Lipinski definition) is 6. The molecule has 0 amide bonds. The van der Waals surface area contributed by atoms with Crippen LogP contribution in [0.3, 0.4) is 0 Å². The lowest BCUT2D eigenvalue weighted by Gasteiger charge is -2.60. The molecule has 0 aromatic heterocycles. The molecule has 2 aliphatic heterocycles. The highest BCUT2D eigenvalue weighted by Gasteiger charge is 2.62. The molecule has 0 aromatic carbocycles. The first-order valence-corrected chi connectivity index (χ1v) is 19.8. The van der Waals surface area contributed by atoms with E-state index in [1.807, 2.05) is 0 Å². The van der Waals surface area contributed by atoms with E-state index in [0.29, 0.717) is 23.7 Å². The second-order valence-electron chi connectivity index (χ2n) is 16.2. The Kier molecular flexibility index (Phi) is 11.1. The number of alkyl halides is 1. The van der Waals surface area contributed by atoms with E-state index in [-0.39, 0.29) is 36.8 Å². The van der Waals surface area contributed by atoms with Crippen molar-refractivity contribution in [2.24, 2.45) is 40.4 Å². The molecule has 2 unspecified atom stereocenters. The van der Waals surface area contributed by atoms with Gasteiger partial charge in [0.1, 0.15) is 0 Å². The average molecular weight is 729 g/mol. The molecule has 6 aliphatic rings. The van der Waals surface area contributed by atoms with Crippen LogP contribution in [-0.4, -0.2) is 64.9 Å². The molecular formula is C37H61IO6. The highest BCUT2D eigenvalue weighted by atomic mass is 127. The molecule has 0 aromatic rings. The fourth-order valence-electron chi connectivity index (χ4n) is 11.0. The van der Waals surface area contributed by atoms with Crippen molar-refractivity contribution in [1.29, 1.82) is 0 Å². The Morgan fingerprint density at radius 3 is 2.39 bits per heavy atom. The second-order valence-corrected chi connectivity index (χ2v) is 17.1. The summed E-state index contributed by atoms with van der Waals surface area (Å²) in [7, 11) is 0. The highest BCUT2D eigenvalue weighted by Crippen LogP contribution is 2.68. The molecule has 12 atom stereocenters. The van der Waals surface area contributed by atoms with E-state index in [0.717, 1.165) is 82.3 Å². The molecule has 6 rings (SSSR count). The maximum absolute atomic E-state index is 10.4. The highest BCUT2D eigenvalue weighted by molar-refractivity contribution is 14.1. The van der Waals surface area contributed by atoms with Gasteiger partial charge in [-0.2, -0.15) is 0 Å². The number of rotatable bonds is 11. The minimum Gasteiger partial charge on any atom is -0.393 e. The van der Waals surface area contributed by atoms with Crippen molar-refractivity contribution < 1.29 is 29.2 Å². The van der Waals surface area contributed by atoms with Crippen molar-refractivity contribution in [3.8, 4) is 0 Å². The minimum absolute atomic E-state index is 0.0367.